The molecular formula is C13H14N4O3. The Labute approximate surface area is 114 Å². The van der Waals surface area contributed by atoms with Crippen LogP contribution in [0.3, 0.4) is 0 Å². The molecule has 0 saturated heterocycles. The minimum Gasteiger partial charge on any atom is -0.466 e. The molecule has 2 heterocycles. The van der Waals surface area contributed by atoms with Gasteiger partial charge in [0.05, 0.1) is 18.7 Å². The number of aryl methyl sites for hydroxylation is 2. The average molecular weight is 274 g/mol. The van der Waals surface area contributed by atoms with E-state index in [4.69, 9.17) is 10.00 Å². The Hall–Kier alpha value is -2.62. The maximum absolute atomic E-state index is 12.3. The van der Waals surface area contributed by atoms with E-state index in [0.29, 0.717) is 28.2 Å². The number of hydrogen-bond acceptors (Lipinski definition) is 5. The molecule has 7 heteroatoms. The van der Waals surface area contributed by atoms with Crippen molar-refractivity contribution in [3.63, 3.8) is 0 Å². The Morgan fingerprint density at radius 1 is 1.50 bits per heavy atom. The zero-order valence-electron chi connectivity index (χ0n) is 11.5. The molecule has 7 nitrogen and oxygen atoms in total. The normalized spacial score (nSPS) is 10.5. The van der Waals surface area contributed by atoms with Crippen LogP contribution >= 0.6 is 0 Å². The van der Waals surface area contributed by atoms with Crippen molar-refractivity contribution in [1.29, 1.82) is 5.26 Å². The molecule has 2 aromatic heterocycles. The van der Waals surface area contributed by atoms with E-state index in [-0.39, 0.29) is 13.0 Å². The molecule has 0 unspecified atom stereocenters. The average Bonchev–Trinajstić information content (AvgIpc) is 2.71. The number of nitrogens with zero attached hydrogens (tertiary/aromatic N) is 3. The first kappa shape index (κ1) is 13.8. The quantitative estimate of drug-likeness (QED) is 0.827. The van der Waals surface area contributed by atoms with Crippen LogP contribution in [0.2, 0.25) is 0 Å². The van der Waals surface area contributed by atoms with E-state index in [1.165, 1.54) is 0 Å². The zero-order chi connectivity index (χ0) is 14.9. The number of nitrogens with one attached hydrogen (secondary N) is 1. The van der Waals surface area contributed by atoms with Gasteiger partial charge in [-0.05, 0) is 20.8 Å². The molecule has 0 bridgehead atoms. The number of ether oxygens (including phenoxy) is 1. The first-order chi connectivity index (χ1) is 9.49. The molecule has 0 aliphatic rings. The molecule has 0 aromatic carbocycles. The zero-order valence-corrected chi connectivity index (χ0v) is 11.5. The van der Waals surface area contributed by atoms with Gasteiger partial charge in [-0.25, -0.2) is 0 Å². The second-order valence-electron chi connectivity index (χ2n) is 4.35. The summed E-state index contributed by atoms with van der Waals surface area (Å²) in [5.41, 5.74) is 1.56. The summed E-state index contributed by atoms with van der Waals surface area (Å²) in [6.07, 6.45) is -0.119. The molecule has 2 aromatic rings. The number of fused-ring (bicyclic) bond motifs is 1. The Bertz CT molecular complexity index is 779. The second kappa shape index (κ2) is 5.17. The highest BCUT2D eigenvalue weighted by Crippen LogP contribution is 2.12. The number of rotatable bonds is 3. The summed E-state index contributed by atoms with van der Waals surface area (Å²) in [5.74, 6) is -0.468. The van der Waals surface area contributed by atoms with Gasteiger partial charge in [-0.15, -0.1) is 0 Å². The molecule has 0 saturated carbocycles. The van der Waals surface area contributed by atoms with Crippen LogP contribution in [0.5, 0.6) is 0 Å². The molecule has 0 aliphatic carbocycles. The van der Waals surface area contributed by atoms with E-state index in [1.807, 2.05) is 6.07 Å². The summed E-state index contributed by atoms with van der Waals surface area (Å²) in [5, 5.41) is 13.1. The highest BCUT2D eigenvalue weighted by atomic mass is 16.5. The Morgan fingerprint density at radius 3 is 2.80 bits per heavy atom. The molecule has 0 radical (unpaired) electrons. The van der Waals surface area contributed by atoms with Crippen molar-refractivity contribution in [2.75, 3.05) is 6.61 Å². The summed E-state index contributed by atoms with van der Waals surface area (Å²) in [6.45, 7) is 5.30. The van der Waals surface area contributed by atoms with Gasteiger partial charge < -0.3 is 9.72 Å². The standard InChI is InChI=1S/C13H14N4O3/c1-4-20-11(18)5-9-7(2)15-12-10(6-14)8(3)16-17(12)13(9)19/h15H,4-5H2,1-3H3. The molecule has 1 N–H and O–H groups in total. The molecule has 104 valence electrons. The highest BCUT2D eigenvalue weighted by Gasteiger charge is 2.18. The molecule has 20 heavy (non-hydrogen) atoms. The van der Waals surface area contributed by atoms with E-state index in [0.717, 1.165) is 4.52 Å². The molecule has 0 aliphatic heterocycles. The molecule has 0 spiro atoms. The molecular weight excluding hydrogens is 260 g/mol. The van der Waals surface area contributed by atoms with Gasteiger partial charge >= 0.3 is 5.97 Å². The van der Waals surface area contributed by atoms with E-state index in [9.17, 15) is 9.59 Å². The summed E-state index contributed by atoms with van der Waals surface area (Å²) >= 11 is 0. The van der Waals surface area contributed by atoms with Gasteiger partial charge in [-0.2, -0.15) is 14.9 Å². The van der Waals surface area contributed by atoms with Gasteiger partial charge in [0, 0.05) is 11.3 Å². The van der Waals surface area contributed by atoms with Crippen molar-refractivity contribution in [2.24, 2.45) is 0 Å². The summed E-state index contributed by atoms with van der Waals surface area (Å²) < 4.78 is 5.96. The summed E-state index contributed by atoms with van der Waals surface area (Å²) in [4.78, 5) is 26.8. The smallest absolute Gasteiger partial charge is 0.310 e. The third-order valence-corrected chi connectivity index (χ3v) is 3.01. The lowest BCUT2D eigenvalue weighted by Gasteiger charge is -2.06. The molecule has 0 atom stereocenters. The van der Waals surface area contributed by atoms with Crippen molar-refractivity contribution in [2.45, 2.75) is 27.2 Å². The lowest BCUT2D eigenvalue weighted by molar-refractivity contribution is -0.142. The van der Waals surface area contributed by atoms with E-state index < -0.39 is 11.5 Å². The van der Waals surface area contributed by atoms with Crippen LogP contribution in [0.1, 0.15) is 29.4 Å². The number of hydrogen-bond donors (Lipinski definition) is 1. The Morgan fingerprint density at radius 2 is 2.20 bits per heavy atom. The monoisotopic (exact) mass is 274 g/mol. The number of aromatic nitrogens is 3. The minimum absolute atomic E-state index is 0.119. The summed E-state index contributed by atoms with van der Waals surface area (Å²) in [6, 6.07) is 2.01. The number of H-pyrrole nitrogens is 1. The van der Waals surface area contributed by atoms with Crippen LogP contribution in [0.25, 0.3) is 5.65 Å². The maximum Gasteiger partial charge on any atom is 0.310 e. The van der Waals surface area contributed by atoms with Gasteiger partial charge in [0.1, 0.15) is 11.6 Å². The van der Waals surface area contributed by atoms with Crippen molar-refractivity contribution in [3.05, 3.63) is 32.9 Å². The van der Waals surface area contributed by atoms with Crippen molar-refractivity contribution in [1.82, 2.24) is 14.6 Å². The van der Waals surface area contributed by atoms with Crippen molar-refractivity contribution >= 4 is 11.6 Å². The SMILES string of the molecule is CCOC(=O)Cc1c(C)[nH]c2c(C#N)c(C)nn2c1=O. The minimum atomic E-state index is -0.468. The number of aromatic amines is 1. The highest BCUT2D eigenvalue weighted by molar-refractivity contribution is 5.73. The molecule has 2 rings (SSSR count). The van der Waals surface area contributed by atoms with Gasteiger partial charge in [0.15, 0.2) is 5.65 Å². The van der Waals surface area contributed by atoms with E-state index >= 15 is 0 Å². The fourth-order valence-corrected chi connectivity index (χ4v) is 2.03. The van der Waals surface area contributed by atoms with Crippen LogP contribution in [0, 0.1) is 25.2 Å². The van der Waals surface area contributed by atoms with Crippen molar-refractivity contribution in [3.8, 4) is 6.07 Å². The fraction of sp³-hybridized carbons (Fsp3) is 0.385. The lowest BCUT2D eigenvalue weighted by Crippen LogP contribution is -2.24. The fourth-order valence-electron chi connectivity index (χ4n) is 2.03. The van der Waals surface area contributed by atoms with Gasteiger partial charge in [-0.1, -0.05) is 0 Å². The first-order valence-electron chi connectivity index (χ1n) is 6.16. The third-order valence-electron chi connectivity index (χ3n) is 3.01. The van der Waals surface area contributed by atoms with Crippen LogP contribution in [0.15, 0.2) is 4.79 Å². The predicted molar refractivity (Wildman–Crippen MR) is 70.3 cm³/mol. The Balaban J connectivity index is 2.62. The number of nitriles is 1. The Kier molecular flexibility index (Phi) is 3.57. The van der Waals surface area contributed by atoms with Gasteiger partial charge in [-0.3, -0.25) is 9.59 Å². The van der Waals surface area contributed by atoms with E-state index in [2.05, 4.69) is 10.1 Å². The third kappa shape index (κ3) is 2.16. The van der Waals surface area contributed by atoms with Crippen LogP contribution in [-0.4, -0.2) is 27.2 Å². The predicted octanol–water partition coefficient (Wildman–Crippen LogP) is 0.617. The van der Waals surface area contributed by atoms with E-state index in [1.54, 1.807) is 20.8 Å². The number of carbonyl (C=O) groups excluding carboxylic acids is 1. The lowest BCUT2D eigenvalue weighted by atomic mass is 10.1. The van der Waals surface area contributed by atoms with Gasteiger partial charge in [0.2, 0.25) is 0 Å². The van der Waals surface area contributed by atoms with Crippen LogP contribution in [-0.2, 0) is 16.0 Å². The number of esters is 1. The van der Waals surface area contributed by atoms with Crippen LogP contribution < -0.4 is 5.56 Å². The number of carbonyl (C=O) groups is 1. The summed E-state index contributed by atoms with van der Waals surface area (Å²) in [7, 11) is 0. The molecule has 0 fully saturated rings. The molecule has 0 amide bonds. The maximum atomic E-state index is 12.3. The topological polar surface area (TPSA) is 100 Å². The van der Waals surface area contributed by atoms with Gasteiger partial charge in [0.25, 0.3) is 5.56 Å². The largest absolute Gasteiger partial charge is 0.466 e. The van der Waals surface area contributed by atoms with Crippen LogP contribution in [0.4, 0.5) is 0 Å². The second-order valence-corrected chi connectivity index (χ2v) is 4.35. The first-order valence-corrected chi connectivity index (χ1v) is 6.16. The van der Waals surface area contributed by atoms with Crippen molar-refractivity contribution < 1.29 is 9.53 Å².